The molecule has 0 aliphatic heterocycles. The molecule has 0 aliphatic rings. The fourth-order valence-corrected chi connectivity index (χ4v) is 3.62. The third kappa shape index (κ3) is 6.11. The molecule has 2 amide bonds. The highest BCUT2D eigenvalue weighted by Gasteiger charge is 2.11. The molecule has 6 nitrogen and oxygen atoms in total. The summed E-state index contributed by atoms with van der Waals surface area (Å²) in [7, 11) is 0. The summed E-state index contributed by atoms with van der Waals surface area (Å²) in [5.74, 6) is 0.756. The smallest absolute Gasteiger partial charge is 0.255 e. The zero-order valence-corrected chi connectivity index (χ0v) is 19.4. The van der Waals surface area contributed by atoms with Gasteiger partial charge in [-0.15, -0.1) is 0 Å². The number of carbonyl (C=O) groups is 2. The third-order valence-corrected chi connectivity index (χ3v) is 5.58. The molecule has 1 heterocycles. The van der Waals surface area contributed by atoms with Gasteiger partial charge in [-0.25, -0.2) is 4.98 Å². The van der Waals surface area contributed by atoms with E-state index < -0.39 is 0 Å². The molecule has 0 radical (unpaired) electrons. The highest BCUT2D eigenvalue weighted by Crippen LogP contribution is 2.28. The van der Waals surface area contributed by atoms with E-state index in [4.69, 9.17) is 16.0 Å². The first-order valence-corrected chi connectivity index (χ1v) is 11.3. The van der Waals surface area contributed by atoms with Gasteiger partial charge in [0.1, 0.15) is 0 Å². The van der Waals surface area contributed by atoms with E-state index in [0.717, 1.165) is 16.7 Å². The van der Waals surface area contributed by atoms with E-state index in [1.165, 1.54) is 0 Å². The fraction of sp³-hybridized carbons (Fsp3) is 0.148. The lowest BCUT2D eigenvalue weighted by Crippen LogP contribution is -2.23. The average Bonchev–Trinajstić information content (AvgIpc) is 3.31. The molecule has 3 aromatic carbocycles. The van der Waals surface area contributed by atoms with Gasteiger partial charge in [0, 0.05) is 36.2 Å². The van der Waals surface area contributed by atoms with Gasteiger partial charge in [0.05, 0.1) is 11.2 Å². The van der Waals surface area contributed by atoms with E-state index in [1.807, 2.05) is 61.5 Å². The molecule has 7 heteroatoms. The lowest BCUT2D eigenvalue weighted by atomic mass is 10.1. The van der Waals surface area contributed by atoms with Crippen molar-refractivity contribution in [2.45, 2.75) is 26.3 Å². The number of benzene rings is 3. The predicted octanol–water partition coefficient (Wildman–Crippen LogP) is 5.80. The van der Waals surface area contributed by atoms with Crippen molar-refractivity contribution < 1.29 is 14.0 Å². The van der Waals surface area contributed by atoms with Crippen LogP contribution in [0.5, 0.6) is 0 Å². The summed E-state index contributed by atoms with van der Waals surface area (Å²) in [4.78, 5) is 29.0. The Morgan fingerprint density at radius 2 is 1.79 bits per heavy atom. The van der Waals surface area contributed by atoms with Crippen LogP contribution < -0.4 is 10.6 Å². The zero-order valence-electron chi connectivity index (χ0n) is 18.7. The Kier molecular flexibility index (Phi) is 7.40. The summed E-state index contributed by atoms with van der Waals surface area (Å²) in [6.45, 7) is 2.33. The summed E-state index contributed by atoms with van der Waals surface area (Å²) in [5, 5.41) is 6.37. The first-order valence-electron chi connectivity index (χ1n) is 10.9. The minimum Gasteiger partial charge on any atom is -0.441 e. The van der Waals surface area contributed by atoms with Crippen LogP contribution in [-0.4, -0.2) is 16.8 Å². The molecule has 0 atom stereocenters. The van der Waals surface area contributed by atoms with E-state index in [-0.39, 0.29) is 18.2 Å². The molecule has 1 aromatic heterocycles. The summed E-state index contributed by atoms with van der Waals surface area (Å²) in [5.41, 5.74) is 4.00. The fourth-order valence-electron chi connectivity index (χ4n) is 3.39. The number of aryl methyl sites for hydroxylation is 2. The Labute approximate surface area is 203 Å². The standard InChI is InChI=1S/C27H24ClN3O3/c1-18-9-11-20(12-10-18)27(33)31-21-6-4-5-19(15-21)16-29-25(32)13-14-26-30-17-24(34-26)22-7-2-3-8-23(22)28/h2-12,15,17H,13-14,16H2,1H3,(H,29,32)(H,31,33). The maximum atomic E-state index is 12.4. The van der Waals surface area contributed by atoms with Crippen LogP contribution in [0.25, 0.3) is 11.3 Å². The molecule has 0 fully saturated rings. The van der Waals surface area contributed by atoms with Crippen LogP contribution in [0, 0.1) is 6.92 Å². The number of anilines is 1. The van der Waals surface area contributed by atoms with Crippen molar-refractivity contribution in [3.63, 3.8) is 0 Å². The van der Waals surface area contributed by atoms with Crippen LogP contribution in [0.1, 0.15) is 33.8 Å². The molecular formula is C27H24ClN3O3. The molecule has 0 bridgehead atoms. The highest BCUT2D eigenvalue weighted by molar-refractivity contribution is 6.33. The van der Waals surface area contributed by atoms with Gasteiger partial charge in [-0.05, 0) is 48.9 Å². The van der Waals surface area contributed by atoms with Gasteiger partial charge >= 0.3 is 0 Å². The number of carbonyl (C=O) groups excluding carboxylic acids is 2. The lowest BCUT2D eigenvalue weighted by molar-refractivity contribution is -0.121. The van der Waals surface area contributed by atoms with E-state index in [9.17, 15) is 9.59 Å². The summed E-state index contributed by atoms with van der Waals surface area (Å²) >= 11 is 6.20. The number of halogens is 1. The minimum absolute atomic E-state index is 0.119. The van der Waals surface area contributed by atoms with Crippen LogP contribution in [0.4, 0.5) is 5.69 Å². The number of amides is 2. The van der Waals surface area contributed by atoms with Crippen molar-refractivity contribution in [1.29, 1.82) is 0 Å². The quantitative estimate of drug-likeness (QED) is 0.338. The lowest BCUT2D eigenvalue weighted by Gasteiger charge is -2.09. The van der Waals surface area contributed by atoms with Gasteiger partial charge in [-0.1, -0.05) is 53.6 Å². The second-order valence-corrected chi connectivity index (χ2v) is 8.30. The van der Waals surface area contributed by atoms with Gasteiger partial charge in [0.2, 0.25) is 5.91 Å². The van der Waals surface area contributed by atoms with Crippen molar-refractivity contribution in [3.8, 4) is 11.3 Å². The Morgan fingerprint density at radius 3 is 2.59 bits per heavy atom. The van der Waals surface area contributed by atoms with Gasteiger partial charge in [0.25, 0.3) is 5.91 Å². The van der Waals surface area contributed by atoms with Crippen LogP contribution in [0.15, 0.2) is 83.4 Å². The van der Waals surface area contributed by atoms with Crippen molar-refractivity contribution in [2.24, 2.45) is 0 Å². The normalized spacial score (nSPS) is 10.6. The Hall–Kier alpha value is -3.90. The average molecular weight is 474 g/mol. The van der Waals surface area contributed by atoms with Gasteiger partial charge in [-0.2, -0.15) is 0 Å². The van der Waals surface area contributed by atoms with E-state index in [0.29, 0.717) is 40.9 Å². The highest BCUT2D eigenvalue weighted by atomic mass is 35.5. The Morgan fingerprint density at radius 1 is 1.00 bits per heavy atom. The topological polar surface area (TPSA) is 84.2 Å². The number of aromatic nitrogens is 1. The number of nitrogens with one attached hydrogen (secondary N) is 2. The number of hydrogen-bond donors (Lipinski definition) is 2. The van der Waals surface area contributed by atoms with Crippen molar-refractivity contribution in [2.75, 3.05) is 5.32 Å². The van der Waals surface area contributed by atoms with Gasteiger partial charge < -0.3 is 15.1 Å². The second kappa shape index (κ2) is 10.8. The number of rotatable bonds is 8. The zero-order chi connectivity index (χ0) is 23.9. The molecular weight excluding hydrogens is 450 g/mol. The largest absolute Gasteiger partial charge is 0.441 e. The monoisotopic (exact) mass is 473 g/mol. The first kappa shape index (κ1) is 23.3. The maximum Gasteiger partial charge on any atom is 0.255 e. The van der Waals surface area contributed by atoms with Crippen molar-refractivity contribution in [1.82, 2.24) is 10.3 Å². The van der Waals surface area contributed by atoms with E-state index in [2.05, 4.69) is 15.6 Å². The number of nitrogens with zero attached hydrogens (tertiary/aromatic N) is 1. The molecule has 0 saturated carbocycles. The molecule has 2 N–H and O–H groups in total. The van der Waals surface area contributed by atoms with Gasteiger partial charge in [-0.3, -0.25) is 9.59 Å². The van der Waals surface area contributed by atoms with Crippen LogP contribution in [0.2, 0.25) is 5.02 Å². The summed E-state index contributed by atoms with van der Waals surface area (Å²) in [6, 6.07) is 22.1. The molecule has 0 saturated heterocycles. The Bertz CT molecular complexity index is 1300. The second-order valence-electron chi connectivity index (χ2n) is 7.90. The first-order chi connectivity index (χ1) is 16.5. The SMILES string of the molecule is Cc1ccc(C(=O)Nc2cccc(CNC(=O)CCc3ncc(-c4ccccc4Cl)o3)c2)cc1. The predicted molar refractivity (Wildman–Crippen MR) is 133 cm³/mol. The van der Waals surface area contributed by atoms with Crippen molar-refractivity contribution in [3.05, 3.63) is 107 Å². The van der Waals surface area contributed by atoms with E-state index >= 15 is 0 Å². The van der Waals surface area contributed by atoms with Crippen LogP contribution in [-0.2, 0) is 17.8 Å². The molecule has 4 aromatic rings. The van der Waals surface area contributed by atoms with Crippen LogP contribution >= 0.6 is 11.6 Å². The molecule has 0 aliphatic carbocycles. The maximum absolute atomic E-state index is 12.4. The van der Waals surface area contributed by atoms with Gasteiger partial charge in [0.15, 0.2) is 11.7 Å². The third-order valence-electron chi connectivity index (χ3n) is 5.25. The molecule has 0 unspecified atom stereocenters. The van der Waals surface area contributed by atoms with Crippen molar-refractivity contribution >= 4 is 29.1 Å². The number of hydrogen-bond acceptors (Lipinski definition) is 4. The van der Waals surface area contributed by atoms with E-state index in [1.54, 1.807) is 24.4 Å². The molecule has 34 heavy (non-hydrogen) atoms. The molecule has 4 rings (SSSR count). The number of oxazole rings is 1. The van der Waals surface area contributed by atoms with Crippen LogP contribution in [0.3, 0.4) is 0 Å². The Balaban J connectivity index is 1.27. The summed E-state index contributed by atoms with van der Waals surface area (Å²) < 4.78 is 5.74. The summed E-state index contributed by atoms with van der Waals surface area (Å²) in [6.07, 6.45) is 2.24. The minimum atomic E-state index is -0.178. The molecule has 0 spiro atoms. The molecule has 172 valence electrons.